The number of hydrogen-bond donors (Lipinski definition) is 3. The first kappa shape index (κ1) is 35.4. The Balaban J connectivity index is 1.46. The van der Waals surface area contributed by atoms with Crippen LogP contribution in [0, 0.1) is 5.92 Å². The number of ether oxygens (including phenoxy) is 5. The quantitative estimate of drug-likeness (QED) is 0.184. The lowest BCUT2D eigenvalue weighted by Crippen LogP contribution is -2.61. The van der Waals surface area contributed by atoms with E-state index in [-0.39, 0.29) is 43.9 Å². The molecule has 260 valence electrons. The van der Waals surface area contributed by atoms with Gasteiger partial charge in [0.2, 0.25) is 6.79 Å². The van der Waals surface area contributed by atoms with Gasteiger partial charge in [-0.3, -0.25) is 4.84 Å². The van der Waals surface area contributed by atoms with Crippen LogP contribution in [0.15, 0.2) is 77.7 Å². The summed E-state index contributed by atoms with van der Waals surface area (Å²) in [6.07, 6.45) is -2.56. The fourth-order valence-corrected chi connectivity index (χ4v) is 7.22. The van der Waals surface area contributed by atoms with Crippen molar-refractivity contribution in [1.82, 2.24) is 9.79 Å². The number of hydroxylamine groups is 1. The SMILES string of the molecule is CCC(CC)ON(C(C1COCOC1)[C@H](O)[C@H](Cc1ccc(OCc2ccccc2)cc1)NC(=O)O)S(=O)(=O)c1ccc2c(c1)OCO2. The molecule has 1 amide bonds. The predicted molar refractivity (Wildman–Crippen MR) is 173 cm³/mol. The van der Waals surface area contributed by atoms with Crippen LogP contribution in [0.2, 0.25) is 0 Å². The molecule has 3 aromatic rings. The van der Waals surface area contributed by atoms with Crippen molar-refractivity contribution in [3.05, 3.63) is 83.9 Å². The molecule has 1 fully saturated rings. The zero-order valence-electron chi connectivity index (χ0n) is 26.9. The lowest BCUT2D eigenvalue weighted by atomic mass is 9.89. The van der Waals surface area contributed by atoms with Crippen molar-refractivity contribution in [1.29, 1.82) is 0 Å². The lowest BCUT2D eigenvalue weighted by Gasteiger charge is -2.42. The van der Waals surface area contributed by atoms with Gasteiger partial charge in [-0.25, -0.2) is 13.2 Å². The molecule has 0 radical (unpaired) electrons. The maximum Gasteiger partial charge on any atom is 0.404 e. The Bertz CT molecular complexity index is 1580. The van der Waals surface area contributed by atoms with E-state index < -0.39 is 46.3 Å². The summed E-state index contributed by atoms with van der Waals surface area (Å²) in [7, 11) is -4.49. The van der Waals surface area contributed by atoms with Gasteiger partial charge in [-0.1, -0.05) is 60.8 Å². The molecule has 0 saturated carbocycles. The van der Waals surface area contributed by atoms with E-state index in [9.17, 15) is 23.4 Å². The Hall–Kier alpha value is -3.92. The molecule has 0 spiro atoms. The van der Waals surface area contributed by atoms with Crippen molar-refractivity contribution in [2.24, 2.45) is 5.92 Å². The third-order valence-corrected chi connectivity index (χ3v) is 9.95. The first-order valence-corrected chi connectivity index (χ1v) is 17.3. The van der Waals surface area contributed by atoms with Gasteiger partial charge in [0.25, 0.3) is 10.0 Å². The normalized spacial score (nSPS) is 16.9. The maximum atomic E-state index is 14.5. The fourth-order valence-electron chi connectivity index (χ4n) is 5.66. The molecule has 2 aliphatic heterocycles. The Morgan fingerprint density at radius 3 is 2.29 bits per heavy atom. The van der Waals surface area contributed by atoms with Crippen LogP contribution in [-0.4, -0.2) is 80.3 Å². The van der Waals surface area contributed by atoms with Gasteiger partial charge in [-0.05, 0) is 54.7 Å². The molecule has 1 saturated heterocycles. The molecule has 14 heteroatoms. The molecule has 48 heavy (non-hydrogen) atoms. The molecule has 2 heterocycles. The molecule has 3 aromatic carbocycles. The summed E-state index contributed by atoms with van der Waals surface area (Å²) in [5.41, 5.74) is 1.69. The van der Waals surface area contributed by atoms with Crippen LogP contribution >= 0.6 is 0 Å². The number of amides is 1. The number of fused-ring (bicyclic) bond motifs is 1. The molecule has 0 aliphatic carbocycles. The third kappa shape index (κ3) is 8.75. The van der Waals surface area contributed by atoms with Crippen LogP contribution in [0.25, 0.3) is 0 Å². The Morgan fingerprint density at radius 1 is 0.938 bits per heavy atom. The minimum atomic E-state index is -4.49. The van der Waals surface area contributed by atoms with E-state index in [0.717, 1.165) is 10.0 Å². The second-order valence-electron chi connectivity index (χ2n) is 11.6. The van der Waals surface area contributed by atoms with Crippen molar-refractivity contribution in [2.45, 2.75) is 68.9 Å². The maximum absolute atomic E-state index is 14.5. The van der Waals surface area contributed by atoms with Gasteiger partial charge in [0.1, 0.15) is 19.1 Å². The standard InChI is InChI=1S/C34H42N2O11S/c1-3-26(4-2)47-36(48(40,41)28-14-15-30-31(17-28)46-22-45-30)32(25-19-42-21-43-20-25)33(37)29(35-34(38)39)16-23-10-12-27(13-11-23)44-18-24-8-6-5-7-9-24/h5-15,17,25-26,29,32-33,35,37H,3-4,16,18-22H2,1-2H3,(H,38,39)/t29-,32?,33+/m0/s1. The lowest BCUT2D eigenvalue weighted by molar-refractivity contribution is -0.217. The van der Waals surface area contributed by atoms with Crippen LogP contribution in [-0.2, 0) is 37.4 Å². The molecule has 3 atom stereocenters. The number of aliphatic hydroxyl groups is 1. The molecule has 1 unspecified atom stereocenters. The van der Waals surface area contributed by atoms with E-state index in [0.29, 0.717) is 36.5 Å². The van der Waals surface area contributed by atoms with E-state index in [4.69, 9.17) is 28.5 Å². The van der Waals surface area contributed by atoms with Crippen LogP contribution in [0.1, 0.15) is 37.8 Å². The highest BCUT2D eigenvalue weighted by atomic mass is 32.2. The molecule has 3 N–H and O–H groups in total. The zero-order valence-corrected chi connectivity index (χ0v) is 27.7. The largest absolute Gasteiger partial charge is 0.489 e. The Labute approximate surface area is 280 Å². The summed E-state index contributed by atoms with van der Waals surface area (Å²) in [5.74, 6) is 0.537. The van der Waals surface area contributed by atoms with Gasteiger partial charge in [0.05, 0.1) is 42.4 Å². The van der Waals surface area contributed by atoms with Gasteiger partial charge in [0, 0.05) is 12.0 Å². The van der Waals surface area contributed by atoms with Gasteiger partial charge in [0.15, 0.2) is 11.5 Å². The van der Waals surface area contributed by atoms with Crippen molar-refractivity contribution in [3.8, 4) is 17.2 Å². The fraction of sp³-hybridized carbons (Fsp3) is 0.441. The van der Waals surface area contributed by atoms with Gasteiger partial charge in [-0.15, -0.1) is 0 Å². The van der Waals surface area contributed by atoms with E-state index in [2.05, 4.69) is 5.32 Å². The number of aliphatic hydroxyl groups excluding tert-OH is 1. The number of nitrogens with one attached hydrogen (secondary N) is 1. The first-order chi connectivity index (χ1) is 23.2. The van der Waals surface area contributed by atoms with E-state index in [1.807, 2.05) is 44.2 Å². The summed E-state index contributed by atoms with van der Waals surface area (Å²) in [6, 6.07) is 18.5. The number of hydrogen-bond acceptors (Lipinski definition) is 10. The van der Waals surface area contributed by atoms with Gasteiger partial charge < -0.3 is 39.2 Å². The van der Waals surface area contributed by atoms with Crippen LogP contribution < -0.4 is 19.5 Å². The highest BCUT2D eigenvalue weighted by Gasteiger charge is 2.47. The average molecular weight is 687 g/mol. The molecular weight excluding hydrogens is 644 g/mol. The molecule has 2 aliphatic rings. The number of benzene rings is 3. The molecule has 5 rings (SSSR count). The number of nitrogens with zero attached hydrogens (tertiary/aromatic N) is 1. The highest BCUT2D eigenvalue weighted by Crippen LogP contribution is 2.37. The van der Waals surface area contributed by atoms with Crippen molar-refractivity contribution in [3.63, 3.8) is 0 Å². The minimum Gasteiger partial charge on any atom is -0.489 e. The van der Waals surface area contributed by atoms with Crippen molar-refractivity contribution in [2.75, 3.05) is 26.8 Å². The first-order valence-electron chi connectivity index (χ1n) is 15.9. The summed E-state index contributed by atoms with van der Waals surface area (Å²) < 4.78 is 57.5. The molecule has 13 nitrogen and oxygen atoms in total. The third-order valence-electron chi connectivity index (χ3n) is 8.30. The predicted octanol–water partition coefficient (Wildman–Crippen LogP) is 4.33. The number of carboxylic acid groups (broad SMARTS) is 1. The Kier molecular flexibility index (Phi) is 12.1. The summed E-state index contributed by atoms with van der Waals surface area (Å²) >= 11 is 0. The second-order valence-corrected chi connectivity index (χ2v) is 13.4. The molecule has 0 aromatic heterocycles. The van der Waals surface area contributed by atoms with Gasteiger partial charge >= 0.3 is 6.09 Å². The zero-order chi connectivity index (χ0) is 34.1. The van der Waals surface area contributed by atoms with E-state index in [1.165, 1.54) is 18.2 Å². The smallest absolute Gasteiger partial charge is 0.404 e. The summed E-state index contributed by atoms with van der Waals surface area (Å²) in [5, 5.41) is 24.3. The second kappa shape index (κ2) is 16.5. The average Bonchev–Trinajstić information content (AvgIpc) is 3.58. The minimum absolute atomic E-state index is 0.00285. The summed E-state index contributed by atoms with van der Waals surface area (Å²) in [6.45, 7) is 4.12. The number of rotatable bonds is 16. The number of sulfonamides is 1. The van der Waals surface area contributed by atoms with Crippen LogP contribution in [0.5, 0.6) is 17.2 Å². The van der Waals surface area contributed by atoms with Crippen LogP contribution in [0.4, 0.5) is 4.79 Å². The van der Waals surface area contributed by atoms with E-state index >= 15 is 0 Å². The monoisotopic (exact) mass is 686 g/mol. The Morgan fingerprint density at radius 2 is 1.62 bits per heavy atom. The molecular formula is C34H42N2O11S. The van der Waals surface area contributed by atoms with Gasteiger partial charge in [-0.2, -0.15) is 0 Å². The highest BCUT2D eigenvalue weighted by molar-refractivity contribution is 7.89. The van der Waals surface area contributed by atoms with Crippen LogP contribution in [0.3, 0.4) is 0 Å². The van der Waals surface area contributed by atoms with Crippen molar-refractivity contribution < 1.29 is 51.9 Å². The topological polar surface area (TPSA) is 162 Å². The number of carbonyl (C=O) groups is 1. The summed E-state index contributed by atoms with van der Waals surface area (Å²) in [4.78, 5) is 18.1. The van der Waals surface area contributed by atoms with Crippen molar-refractivity contribution >= 4 is 16.1 Å². The molecule has 0 bridgehead atoms. The van der Waals surface area contributed by atoms with E-state index in [1.54, 1.807) is 24.3 Å².